The second-order valence-electron chi connectivity index (χ2n) is 7.53. The van der Waals surface area contributed by atoms with Gasteiger partial charge in [-0.15, -0.1) is 0 Å². The first-order valence-corrected chi connectivity index (χ1v) is 11.0. The largest absolute Gasteiger partial charge is 0.488 e. The number of ether oxygens (including phenoxy) is 2. The lowest BCUT2D eigenvalue weighted by Crippen LogP contribution is -2.08. The third kappa shape index (κ3) is 8.25. The summed E-state index contributed by atoms with van der Waals surface area (Å²) < 4.78 is 40.3. The number of hydrogen-bond acceptors (Lipinski definition) is 3. The topological polar surface area (TPSA) is 31.4 Å². The van der Waals surface area contributed by atoms with Crippen LogP contribution in [0.25, 0.3) is 17.3 Å². The summed E-state index contributed by atoms with van der Waals surface area (Å²) in [4.78, 5) is 4.17. The highest BCUT2D eigenvalue weighted by molar-refractivity contribution is 5.64. The molecule has 1 aromatic carbocycles. The minimum atomic E-state index is -0.900. The van der Waals surface area contributed by atoms with Crippen molar-refractivity contribution in [2.75, 3.05) is 13.2 Å². The maximum absolute atomic E-state index is 14.6. The molecule has 0 N–H and O–H groups in total. The lowest BCUT2D eigenvalue weighted by atomic mass is 10.1. The van der Waals surface area contributed by atoms with Gasteiger partial charge in [-0.1, -0.05) is 50.6 Å². The Labute approximate surface area is 184 Å². The first kappa shape index (κ1) is 24.7. The zero-order chi connectivity index (χ0) is 22.5. The van der Waals surface area contributed by atoms with E-state index in [1.54, 1.807) is 36.4 Å². The van der Waals surface area contributed by atoms with E-state index < -0.39 is 11.6 Å². The van der Waals surface area contributed by atoms with Gasteiger partial charge in [0.2, 0.25) is 0 Å². The Morgan fingerprint density at radius 1 is 1.10 bits per heavy atom. The molecule has 168 valence electrons. The molecule has 2 rings (SSSR count). The van der Waals surface area contributed by atoms with Crippen LogP contribution >= 0.6 is 0 Å². The number of benzene rings is 1. The average molecular weight is 430 g/mol. The van der Waals surface area contributed by atoms with E-state index in [4.69, 9.17) is 9.47 Å². The summed E-state index contributed by atoms with van der Waals surface area (Å²) in [5.41, 5.74) is 0.709. The Balaban J connectivity index is 1.88. The Bertz CT molecular complexity index is 834. The van der Waals surface area contributed by atoms with E-state index in [0.717, 1.165) is 32.3 Å². The van der Waals surface area contributed by atoms with Crippen molar-refractivity contribution in [1.82, 2.24) is 4.98 Å². The summed E-state index contributed by atoms with van der Waals surface area (Å²) in [7, 11) is 0. The standard InChI is InChI=1S/C26H33F2NO2/c1-4-6-10-18-30-20(3)11-8-7-9-12-21-13-15-23(26(28)25(21)27)24-16-14-22(19-29-24)31-17-5-2/h5,9,12-16,19-20H,2,4,6-8,10-11,17-18H2,1,3H3. The normalized spacial score (nSPS) is 12.3. The van der Waals surface area contributed by atoms with Crippen LogP contribution in [0.3, 0.4) is 0 Å². The molecule has 0 aliphatic rings. The third-order valence-corrected chi connectivity index (χ3v) is 4.92. The molecule has 5 heteroatoms. The predicted molar refractivity (Wildman–Crippen MR) is 123 cm³/mol. The molecule has 1 atom stereocenters. The number of aromatic nitrogens is 1. The van der Waals surface area contributed by atoms with Gasteiger partial charge in [-0.3, -0.25) is 4.98 Å². The predicted octanol–water partition coefficient (Wildman–Crippen LogP) is 7.37. The summed E-state index contributed by atoms with van der Waals surface area (Å²) in [5.74, 6) is -1.22. The number of rotatable bonds is 14. The molecule has 0 bridgehead atoms. The highest BCUT2D eigenvalue weighted by Crippen LogP contribution is 2.27. The van der Waals surface area contributed by atoms with Crippen LogP contribution in [0.15, 0.2) is 49.2 Å². The SMILES string of the molecule is C=CCOc1ccc(-c2ccc(C=CCCCC(C)OCCCCC)c(F)c2F)nc1. The molecule has 1 unspecified atom stereocenters. The number of nitrogens with zero attached hydrogens (tertiary/aromatic N) is 1. The second-order valence-corrected chi connectivity index (χ2v) is 7.53. The van der Waals surface area contributed by atoms with Gasteiger partial charge in [-0.2, -0.15) is 0 Å². The van der Waals surface area contributed by atoms with Gasteiger partial charge < -0.3 is 9.47 Å². The van der Waals surface area contributed by atoms with Crippen LogP contribution in [0.1, 0.15) is 57.9 Å². The van der Waals surface area contributed by atoms with Gasteiger partial charge in [-0.05, 0) is 50.8 Å². The lowest BCUT2D eigenvalue weighted by Gasteiger charge is -2.12. The van der Waals surface area contributed by atoms with Crippen LogP contribution in [-0.4, -0.2) is 24.3 Å². The van der Waals surface area contributed by atoms with Crippen molar-refractivity contribution < 1.29 is 18.3 Å². The highest BCUT2D eigenvalue weighted by atomic mass is 19.2. The fourth-order valence-electron chi connectivity index (χ4n) is 3.12. The van der Waals surface area contributed by atoms with Gasteiger partial charge in [0.05, 0.1) is 18.0 Å². The molecule has 3 nitrogen and oxygen atoms in total. The minimum absolute atomic E-state index is 0.124. The summed E-state index contributed by atoms with van der Waals surface area (Å²) in [6.07, 6.45) is 13.0. The summed E-state index contributed by atoms with van der Waals surface area (Å²) in [5, 5.41) is 0. The molecule has 31 heavy (non-hydrogen) atoms. The highest BCUT2D eigenvalue weighted by Gasteiger charge is 2.14. The van der Waals surface area contributed by atoms with Gasteiger partial charge in [0, 0.05) is 17.7 Å². The number of allylic oxidation sites excluding steroid dienone is 1. The van der Waals surface area contributed by atoms with Crippen LogP contribution in [0.5, 0.6) is 5.75 Å². The van der Waals surface area contributed by atoms with Crippen molar-refractivity contribution >= 4 is 6.08 Å². The Morgan fingerprint density at radius 2 is 1.94 bits per heavy atom. The molecule has 0 saturated carbocycles. The van der Waals surface area contributed by atoms with E-state index in [9.17, 15) is 8.78 Å². The maximum atomic E-state index is 14.6. The Hall–Kier alpha value is -2.53. The van der Waals surface area contributed by atoms with Gasteiger partial charge in [-0.25, -0.2) is 8.78 Å². The number of hydrogen-bond donors (Lipinski definition) is 0. The van der Waals surface area contributed by atoms with E-state index in [1.165, 1.54) is 19.0 Å². The van der Waals surface area contributed by atoms with Crippen LogP contribution in [0.2, 0.25) is 0 Å². The van der Waals surface area contributed by atoms with E-state index in [-0.39, 0.29) is 17.2 Å². The molecule has 2 aromatic rings. The lowest BCUT2D eigenvalue weighted by molar-refractivity contribution is 0.0566. The van der Waals surface area contributed by atoms with Crippen molar-refractivity contribution in [3.05, 3.63) is 66.4 Å². The van der Waals surface area contributed by atoms with E-state index in [0.29, 0.717) is 18.1 Å². The molecule has 0 radical (unpaired) electrons. The molecule has 1 heterocycles. The number of pyridine rings is 1. The van der Waals surface area contributed by atoms with Gasteiger partial charge in [0.25, 0.3) is 0 Å². The molecule has 0 saturated heterocycles. The van der Waals surface area contributed by atoms with E-state index >= 15 is 0 Å². The summed E-state index contributed by atoms with van der Waals surface area (Å²) in [6.45, 7) is 8.99. The minimum Gasteiger partial charge on any atom is -0.488 e. The zero-order valence-corrected chi connectivity index (χ0v) is 18.6. The smallest absolute Gasteiger partial charge is 0.168 e. The third-order valence-electron chi connectivity index (χ3n) is 4.92. The average Bonchev–Trinajstić information content (AvgIpc) is 2.78. The van der Waals surface area contributed by atoms with E-state index in [1.807, 2.05) is 6.08 Å². The number of halogens is 2. The molecular formula is C26H33F2NO2. The molecule has 0 spiro atoms. The Morgan fingerprint density at radius 3 is 2.65 bits per heavy atom. The van der Waals surface area contributed by atoms with Crippen molar-refractivity contribution in [3.8, 4) is 17.0 Å². The monoisotopic (exact) mass is 429 g/mol. The fraction of sp³-hybridized carbons (Fsp3) is 0.423. The maximum Gasteiger partial charge on any atom is 0.168 e. The molecular weight excluding hydrogens is 396 g/mol. The van der Waals surface area contributed by atoms with Gasteiger partial charge in [0.15, 0.2) is 11.6 Å². The van der Waals surface area contributed by atoms with Crippen molar-refractivity contribution in [3.63, 3.8) is 0 Å². The second kappa shape index (κ2) is 13.7. The van der Waals surface area contributed by atoms with Crippen LogP contribution in [-0.2, 0) is 4.74 Å². The zero-order valence-electron chi connectivity index (χ0n) is 18.6. The van der Waals surface area contributed by atoms with Crippen molar-refractivity contribution in [2.24, 2.45) is 0 Å². The van der Waals surface area contributed by atoms with Gasteiger partial charge in [0.1, 0.15) is 12.4 Å². The molecule has 0 fully saturated rings. The first-order chi connectivity index (χ1) is 15.1. The molecule has 0 amide bonds. The summed E-state index contributed by atoms with van der Waals surface area (Å²) in [6, 6.07) is 6.41. The van der Waals surface area contributed by atoms with Crippen molar-refractivity contribution in [1.29, 1.82) is 0 Å². The first-order valence-electron chi connectivity index (χ1n) is 11.0. The van der Waals surface area contributed by atoms with Gasteiger partial charge >= 0.3 is 0 Å². The van der Waals surface area contributed by atoms with Crippen LogP contribution in [0.4, 0.5) is 8.78 Å². The molecule has 1 aromatic heterocycles. The van der Waals surface area contributed by atoms with Crippen LogP contribution in [0, 0.1) is 11.6 Å². The summed E-state index contributed by atoms with van der Waals surface area (Å²) >= 11 is 0. The Kier molecular flexibility index (Phi) is 10.9. The van der Waals surface area contributed by atoms with Crippen molar-refractivity contribution in [2.45, 2.75) is 58.5 Å². The number of unbranched alkanes of at least 4 members (excludes halogenated alkanes) is 3. The quantitative estimate of drug-likeness (QED) is 0.232. The molecule has 0 aliphatic carbocycles. The fourth-order valence-corrected chi connectivity index (χ4v) is 3.12. The van der Waals surface area contributed by atoms with Crippen LogP contribution < -0.4 is 4.74 Å². The van der Waals surface area contributed by atoms with E-state index in [2.05, 4.69) is 25.4 Å². The molecule has 0 aliphatic heterocycles.